The van der Waals surface area contributed by atoms with Gasteiger partial charge in [0.25, 0.3) is 11.8 Å². The largest absolute Gasteiger partial charge is 0.368 e. The van der Waals surface area contributed by atoms with Crippen LogP contribution >= 0.6 is 22.9 Å². The van der Waals surface area contributed by atoms with Crippen LogP contribution in [0.25, 0.3) is 10.6 Å². The van der Waals surface area contributed by atoms with Crippen LogP contribution in [0.5, 0.6) is 0 Å². The topological polar surface area (TPSA) is 62.7 Å². The minimum atomic E-state index is -0.298. The molecule has 1 aromatic heterocycles. The van der Waals surface area contributed by atoms with E-state index in [1.807, 2.05) is 24.3 Å². The molecule has 27 heavy (non-hydrogen) atoms. The minimum Gasteiger partial charge on any atom is -0.368 e. The number of carbonyl (C=O) groups is 2. The van der Waals surface area contributed by atoms with Gasteiger partial charge in [0.15, 0.2) is 0 Å². The zero-order valence-corrected chi connectivity index (χ0v) is 16.3. The number of carbonyl (C=O) groups excluding carboxylic acids is 2. The van der Waals surface area contributed by atoms with E-state index in [1.54, 1.807) is 15.2 Å². The molecule has 0 bridgehead atoms. The predicted molar refractivity (Wildman–Crippen MR) is 104 cm³/mol. The average Bonchev–Trinajstić information content (AvgIpc) is 3.40. The molecule has 2 aliphatic heterocycles. The molecule has 142 valence electrons. The van der Waals surface area contributed by atoms with Gasteiger partial charge in [0.1, 0.15) is 16.8 Å². The second-order valence-corrected chi connectivity index (χ2v) is 7.96. The van der Waals surface area contributed by atoms with E-state index in [2.05, 4.69) is 4.98 Å². The van der Waals surface area contributed by atoms with Crippen LogP contribution in [0.2, 0.25) is 5.02 Å². The number of halogens is 1. The van der Waals surface area contributed by atoms with E-state index in [9.17, 15) is 9.59 Å². The molecule has 2 saturated heterocycles. The van der Waals surface area contributed by atoms with Gasteiger partial charge in [0.2, 0.25) is 0 Å². The number of rotatable bonds is 3. The molecule has 0 spiro atoms. The van der Waals surface area contributed by atoms with Crippen molar-refractivity contribution in [2.75, 3.05) is 32.8 Å². The lowest BCUT2D eigenvalue weighted by molar-refractivity contribution is -0.142. The first-order valence-electron chi connectivity index (χ1n) is 9.03. The zero-order valence-electron chi connectivity index (χ0n) is 14.8. The number of aromatic nitrogens is 1. The fourth-order valence-electron chi connectivity index (χ4n) is 3.36. The molecule has 2 amide bonds. The molecular weight excluding hydrogens is 386 g/mol. The Morgan fingerprint density at radius 3 is 2.48 bits per heavy atom. The molecule has 0 aliphatic carbocycles. The van der Waals surface area contributed by atoms with E-state index in [1.165, 1.54) is 11.3 Å². The van der Waals surface area contributed by atoms with Crippen molar-refractivity contribution in [3.8, 4) is 10.6 Å². The van der Waals surface area contributed by atoms with Crippen LogP contribution in [-0.2, 0) is 9.53 Å². The maximum atomic E-state index is 12.8. The van der Waals surface area contributed by atoms with E-state index in [4.69, 9.17) is 16.3 Å². The van der Waals surface area contributed by atoms with Gasteiger partial charge < -0.3 is 14.5 Å². The summed E-state index contributed by atoms with van der Waals surface area (Å²) in [6.07, 6.45) is 1.44. The summed E-state index contributed by atoms with van der Waals surface area (Å²) in [7, 11) is 0. The maximum Gasteiger partial charge on any atom is 0.273 e. The van der Waals surface area contributed by atoms with Crippen LogP contribution < -0.4 is 0 Å². The third-order valence-electron chi connectivity index (χ3n) is 4.90. The monoisotopic (exact) mass is 405 g/mol. The van der Waals surface area contributed by atoms with Crippen molar-refractivity contribution in [3.05, 3.63) is 40.4 Å². The maximum absolute atomic E-state index is 12.8. The van der Waals surface area contributed by atoms with Crippen molar-refractivity contribution in [2.45, 2.75) is 18.9 Å². The van der Waals surface area contributed by atoms with Gasteiger partial charge in [0.05, 0.1) is 0 Å². The number of thiazole rings is 1. The number of hydrogen-bond donors (Lipinski definition) is 0. The number of benzene rings is 1. The molecule has 2 aromatic rings. The number of hydrogen-bond acceptors (Lipinski definition) is 5. The Kier molecular flexibility index (Phi) is 5.43. The quantitative estimate of drug-likeness (QED) is 0.787. The molecule has 3 heterocycles. The fraction of sp³-hybridized carbons (Fsp3) is 0.421. The number of amides is 2. The smallest absolute Gasteiger partial charge is 0.273 e. The second kappa shape index (κ2) is 7.96. The Bertz CT molecular complexity index is 825. The lowest BCUT2D eigenvalue weighted by Gasteiger charge is -2.35. The van der Waals surface area contributed by atoms with Gasteiger partial charge in [-0.15, -0.1) is 11.3 Å². The summed E-state index contributed by atoms with van der Waals surface area (Å²) in [5.41, 5.74) is 1.39. The number of ether oxygens (including phenoxy) is 1. The van der Waals surface area contributed by atoms with E-state index in [0.717, 1.165) is 23.4 Å². The van der Waals surface area contributed by atoms with Crippen LogP contribution in [0.4, 0.5) is 0 Å². The second-order valence-electron chi connectivity index (χ2n) is 6.66. The molecule has 0 saturated carbocycles. The van der Waals surface area contributed by atoms with E-state index in [0.29, 0.717) is 43.5 Å². The van der Waals surface area contributed by atoms with Gasteiger partial charge in [0, 0.05) is 48.8 Å². The fourth-order valence-corrected chi connectivity index (χ4v) is 4.29. The van der Waals surface area contributed by atoms with Crippen molar-refractivity contribution in [3.63, 3.8) is 0 Å². The molecule has 1 aromatic carbocycles. The van der Waals surface area contributed by atoms with Gasteiger partial charge in [-0.3, -0.25) is 9.59 Å². The van der Waals surface area contributed by atoms with Gasteiger partial charge in [-0.05, 0) is 25.0 Å². The third kappa shape index (κ3) is 4.00. The highest BCUT2D eigenvalue weighted by Gasteiger charge is 2.31. The summed E-state index contributed by atoms with van der Waals surface area (Å²) in [5, 5.41) is 3.25. The zero-order chi connectivity index (χ0) is 18.8. The molecule has 1 atom stereocenters. The molecule has 0 radical (unpaired) electrons. The van der Waals surface area contributed by atoms with E-state index in [-0.39, 0.29) is 17.9 Å². The van der Waals surface area contributed by atoms with Crippen LogP contribution in [-0.4, -0.2) is 65.5 Å². The van der Waals surface area contributed by atoms with Crippen LogP contribution in [0.3, 0.4) is 0 Å². The van der Waals surface area contributed by atoms with Gasteiger partial charge in [-0.25, -0.2) is 4.98 Å². The Morgan fingerprint density at radius 2 is 1.81 bits per heavy atom. The first-order chi connectivity index (χ1) is 13.1. The van der Waals surface area contributed by atoms with Crippen molar-refractivity contribution < 1.29 is 14.3 Å². The van der Waals surface area contributed by atoms with E-state index < -0.39 is 0 Å². The Hall–Kier alpha value is -1.96. The summed E-state index contributed by atoms with van der Waals surface area (Å²) < 4.78 is 5.48. The highest BCUT2D eigenvalue weighted by Crippen LogP contribution is 2.26. The van der Waals surface area contributed by atoms with E-state index >= 15 is 0 Å². The first kappa shape index (κ1) is 18.4. The average molecular weight is 406 g/mol. The van der Waals surface area contributed by atoms with Crippen LogP contribution in [0.15, 0.2) is 29.6 Å². The van der Waals surface area contributed by atoms with Gasteiger partial charge >= 0.3 is 0 Å². The van der Waals surface area contributed by atoms with Gasteiger partial charge in [-0.1, -0.05) is 23.7 Å². The molecule has 2 fully saturated rings. The molecule has 4 rings (SSSR count). The van der Waals surface area contributed by atoms with Crippen LogP contribution in [0.1, 0.15) is 23.3 Å². The third-order valence-corrected chi connectivity index (χ3v) is 6.04. The summed E-state index contributed by atoms with van der Waals surface area (Å²) in [6.45, 7) is 2.78. The van der Waals surface area contributed by atoms with Gasteiger partial charge in [-0.2, -0.15) is 0 Å². The predicted octanol–water partition coefficient (Wildman–Crippen LogP) is 2.93. The lowest BCUT2D eigenvalue weighted by atomic mass is 10.2. The molecule has 6 nitrogen and oxygen atoms in total. The summed E-state index contributed by atoms with van der Waals surface area (Å²) in [6, 6.07) is 7.41. The molecular formula is C19H20ClN3O3S. The minimum absolute atomic E-state index is 0.0540. The van der Waals surface area contributed by atoms with Crippen LogP contribution in [0, 0.1) is 0 Å². The van der Waals surface area contributed by atoms with Crippen molar-refractivity contribution in [1.82, 2.24) is 14.8 Å². The van der Waals surface area contributed by atoms with Crippen molar-refractivity contribution in [1.29, 1.82) is 0 Å². The molecule has 0 N–H and O–H groups in total. The lowest BCUT2D eigenvalue weighted by Crippen LogP contribution is -2.52. The summed E-state index contributed by atoms with van der Waals surface area (Å²) in [5.74, 6) is -0.0334. The highest BCUT2D eigenvalue weighted by molar-refractivity contribution is 7.13. The molecule has 8 heteroatoms. The Labute approximate surface area is 166 Å². The normalized spacial score (nSPS) is 20.1. The highest BCUT2D eigenvalue weighted by atomic mass is 35.5. The summed E-state index contributed by atoms with van der Waals surface area (Å²) >= 11 is 7.36. The standard InChI is InChI=1S/C19H20ClN3O3S/c20-14-5-3-13(4-6-14)17-21-15(12-27-17)18(24)22-7-9-23(10-8-22)19(25)16-2-1-11-26-16/h3-6,12,16H,1-2,7-11H2. The Balaban J connectivity index is 1.37. The SMILES string of the molecule is O=C(c1csc(-c2ccc(Cl)cc2)n1)N1CCN(C(=O)C2CCCO2)CC1. The first-order valence-corrected chi connectivity index (χ1v) is 10.3. The number of piperazine rings is 1. The van der Waals surface area contributed by atoms with Crippen molar-refractivity contribution in [2.24, 2.45) is 0 Å². The Morgan fingerprint density at radius 1 is 1.11 bits per heavy atom. The molecule has 2 aliphatic rings. The van der Waals surface area contributed by atoms with Crippen molar-refractivity contribution >= 4 is 34.8 Å². The molecule has 1 unspecified atom stereocenters. The summed E-state index contributed by atoms with van der Waals surface area (Å²) in [4.78, 5) is 33.2. The number of nitrogens with zero attached hydrogens (tertiary/aromatic N) is 3.